The fourth-order valence-corrected chi connectivity index (χ4v) is 8.72. The summed E-state index contributed by atoms with van der Waals surface area (Å²) in [5.41, 5.74) is -1.46. The molecular weight excluding hydrogens is 650 g/mol. The summed E-state index contributed by atoms with van der Waals surface area (Å²) in [5, 5.41) is 3.03. The number of hydrogen-bond donors (Lipinski definition) is 1. The molecule has 49 heavy (non-hydrogen) atoms. The maximum Gasteiger partial charge on any atom is 0.318 e. The lowest BCUT2D eigenvalue weighted by atomic mass is 9.83. The molecule has 0 radical (unpaired) electrons. The van der Waals surface area contributed by atoms with Crippen LogP contribution in [0.4, 0.5) is 10.5 Å². The zero-order valence-electron chi connectivity index (χ0n) is 28.5. The molecule has 14 heteroatoms. The molecule has 13 nitrogen and oxygen atoms in total. The molecule has 3 heterocycles. The number of urea groups is 1. The van der Waals surface area contributed by atoms with E-state index in [1.807, 2.05) is 0 Å². The number of amides is 3. The Morgan fingerprint density at radius 1 is 0.776 bits per heavy atom. The monoisotopic (exact) mass is 693 g/mol. The van der Waals surface area contributed by atoms with E-state index in [9.17, 15) is 13.2 Å². The number of anilines is 1. The van der Waals surface area contributed by atoms with Gasteiger partial charge in [-0.2, -0.15) is 4.31 Å². The summed E-state index contributed by atoms with van der Waals surface area (Å²) >= 11 is 0. The van der Waals surface area contributed by atoms with Gasteiger partial charge in [0.05, 0.1) is 34.1 Å². The van der Waals surface area contributed by atoms with E-state index in [-0.39, 0.29) is 27.5 Å². The molecule has 1 N–H and O–H groups in total. The van der Waals surface area contributed by atoms with Gasteiger partial charge in [0.1, 0.15) is 27.9 Å². The van der Waals surface area contributed by atoms with Gasteiger partial charge in [0.25, 0.3) is 15.9 Å². The van der Waals surface area contributed by atoms with Crippen LogP contribution in [0.3, 0.4) is 0 Å². The van der Waals surface area contributed by atoms with Crippen molar-refractivity contribution in [3.63, 3.8) is 0 Å². The highest BCUT2D eigenvalue weighted by Gasteiger charge is 2.59. The van der Waals surface area contributed by atoms with Gasteiger partial charge in [-0.05, 0) is 69.4 Å². The van der Waals surface area contributed by atoms with Crippen LogP contribution < -0.4 is 28.6 Å². The molecule has 1 unspecified atom stereocenters. The number of carbonyl (C=O) groups is 2. The normalized spacial score (nSPS) is 20.6. The number of piperidine rings is 1. The minimum atomic E-state index is -4.62. The highest BCUT2D eigenvalue weighted by atomic mass is 32.2. The maximum absolute atomic E-state index is 15.1. The van der Waals surface area contributed by atoms with Crippen LogP contribution in [0.1, 0.15) is 24.0 Å². The van der Waals surface area contributed by atoms with Gasteiger partial charge in [0.15, 0.2) is 5.54 Å². The summed E-state index contributed by atoms with van der Waals surface area (Å²) < 4.78 is 51.9. The molecule has 3 aromatic rings. The summed E-state index contributed by atoms with van der Waals surface area (Å²) in [6.07, 6.45) is 2.16. The van der Waals surface area contributed by atoms with Gasteiger partial charge in [0.2, 0.25) is 0 Å². The number of sulfonamides is 1. The first-order valence-electron chi connectivity index (χ1n) is 16.2. The Balaban J connectivity index is 1.44. The Hall–Kier alpha value is -4.53. The second kappa shape index (κ2) is 13.8. The lowest BCUT2D eigenvalue weighted by molar-refractivity contribution is -0.121. The zero-order chi connectivity index (χ0) is 34.9. The van der Waals surface area contributed by atoms with Crippen LogP contribution in [-0.2, 0) is 20.4 Å². The third-order valence-electron chi connectivity index (χ3n) is 9.83. The van der Waals surface area contributed by atoms with E-state index in [0.717, 1.165) is 30.2 Å². The zero-order valence-corrected chi connectivity index (χ0v) is 29.3. The van der Waals surface area contributed by atoms with Gasteiger partial charge in [-0.15, -0.1) is 0 Å². The molecule has 0 bridgehead atoms. The van der Waals surface area contributed by atoms with Gasteiger partial charge < -0.3 is 34.1 Å². The molecule has 1 atom stereocenters. The number of piperazine rings is 1. The van der Waals surface area contributed by atoms with E-state index in [1.54, 1.807) is 41.3 Å². The van der Waals surface area contributed by atoms with Crippen molar-refractivity contribution in [2.24, 2.45) is 0 Å². The summed E-state index contributed by atoms with van der Waals surface area (Å²) in [6, 6.07) is 15.6. The number of nitrogens with one attached hydrogen (secondary N) is 1. The Morgan fingerprint density at radius 2 is 1.41 bits per heavy atom. The minimum absolute atomic E-state index is 0.0106. The third kappa shape index (κ3) is 6.02. The van der Waals surface area contributed by atoms with Gasteiger partial charge in [-0.3, -0.25) is 9.69 Å². The molecule has 3 aliphatic rings. The van der Waals surface area contributed by atoms with Crippen LogP contribution in [0.25, 0.3) is 0 Å². The molecule has 2 fully saturated rings. The summed E-state index contributed by atoms with van der Waals surface area (Å²) in [7, 11) is 3.23. The fraction of sp³-hybridized carbons (Fsp3) is 0.429. The second-order valence-corrected chi connectivity index (χ2v) is 14.2. The third-order valence-corrected chi connectivity index (χ3v) is 11.6. The summed E-state index contributed by atoms with van der Waals surface area (Å²) in [4.78, 5) is 35.7. The lowest BCUT2D eigenvalue weighted by Gasteiger charge is -2.43. The highest BCUT2D eigenvalue weighted by molar-refractivity contribution is 7.93. The number of nitrogens with zero attached hydrogens (tertiary/aromatic N) is 4. The van der Waals surface area contributed by atoms with Gasteiger partial charge in [-0.25, -0.2) is 13.2 Å². The molecule has 0 saturated carbocycles. The van der Waals surface area contributed by atoms with E-state index in [2.05, 4.69) is 22.2 Å². The lowest BCUT2D eigenvalue weighted by Crippen LogP contribution is -2.61. The van der Waals surface area contributed by atoms with E-state index in [0.29, 0.717) is 49.5 Å². The van der Waals surface area contributed by atoms with Crippen LogP contribution in [0.5, 0.6) is 23.0 Å². The number of fused-ring (bicyclic) bond motifs is 1. The Kier molecular flexibility index (Phi) is 9.65. The second-order valence-electron chi connectivity index (χ2n) is 12.4. The first-order valence-corrected chi connectivity index (χ1v) is 17.7. The van der Waals surface area contributed by atoms with Crippen LogP contribution >= 0.6 is 0 Å². The molecule has 0 aromatic heterocycles. The number of hydrogen-bond acceptors (Lipinski definition) is 10. The largest absolute Gasteiger partial charge is 0.497 e. The SMILES string of the molecule is COc1ccc(S(=O)(=O)N2C(=O)C(NC(=O)N3CCN(C4CCN(C)CC4)CC3)(c3ccccc3OC)c3cc(OC)ccc32)c(OC)c1. The summed E-state index contributed by atoms with van der Waals surface area (Å²) in [5.74, 6) is 0.117. The van der Waals surface area contributed by atoms with Crippen molar-refractivity contribution in [1.82, 2.24) is 20.0 Å². The van der Waals surface area contributed by atoms with E-state index in [1.165, 1.54) is 52.7 Å². The van der Waals surface area contributed by atoms with E-state index >= 15 is 4.79 Å². The molecular formula is C35H43N5O8S. The predicted molar refractivity (Wildman–Crippen MR) is 183 cm³/mol. The molecule has 3 aliphatic heterocycles. The molecule has 6 rings (SSSR count). The summed E-state index contributed by atoms with van der Waals surface area (Å²) in [6.45, 7) is 4.37. The number of rotatable bonds is 9. The molecule has 0 aliphatic carbocycles. The molecule has 3 amide bonds. The van der Waals surface area contributed by atoms with Crippen LogP contribution in [0, 0.1) is 0 Å². The Morgan fingerprint density at radius 3 is 2.06 bits per heavy atom. The standard InChI is InChI=1S/C35H43N5O8S/c1-37-16-14-24(15-17-37)38-18-20-39(21-19-38)34(42)36-35(27-8-6-7-9-30(27)47-4)28-22-25(45-2)10-12-29(28)40(33(35)41)49(43,44)32-13-11-26(46-3)23-31(32)48-5/h6-13,22-24H,14-21H2,1-5H3,(H,36,42). The maximum atomic E-state index is 15.1. The van der Waals surface area contributed by atoms with Gasteiger partial charge >= 0.3 is 6.03 Å². The first-order chi connectivity index (χ1) is 23.6. The topological polar surface area (TPSA) is 130 Å². The Bertz CT molecular complexity index is 1820. The van der Waals surface area contributed by atoms with Crippen LogP contribution in [0.2, 0.25) is 0 Å². The smallest absolute Gasteiger partial charge is 0.318 e. The van der Waals surface area contributed by atoms with Gasteiger partial charge in [-0.1, -0.05) is 18.2 Å². The number of methoxy groups -OCH3 is 4. The van der Waals surface area contributed by atoms with Crippen molar-refractivity contribution in [3.05, 3.63) is 71.8 Å². The van der Waals surface area contributed by atoms with Crippen molar-refractivity contribution in [1.29, 1.82) is 0 Å². The average molecular weight is 694 g/mol. The highest BCUT2D eigenvalue weighted by Crippen LogP contribution is 2.51. The van der Waals surface area contributed by atoms with Crippen molar-refractivity contribution in [2.45, 2.75) is 29.3 Å². The number of likely N-dealkylation sites (tertiary alicyclic amines) is 1. The number of ether oxygens (including phenoxy) is 4. The molecule has 3 aromatic carbocycles. The van der Waals surface area contributed by atoms with Crippen molar-refractivity contribution >= 4 is 27.6 Å². The number of para-hydroxylation sites is 1. The molecule has 0 spiro atoms. The average Bonchev–Trinajstić information content (AvgIpc) is 3.38. The van der Waals surface area contributed by atoms with Crippen molar-refractivity contribution in [2.75, 3.05) is 79.1 Å². The van der Waals surface area contributed by atoms with Crippen molar-refractivity contribution in [3.8, 4) is 23.0 Å². The number of carbonyl (C=O) groups excluding carboxylic acids is 2. The Labute approximate surface area is 287 Å². The molecule has 2 saturated heterocycles. The van der Waals surface area contributed by atoms with Crippen LogP contribution in [-0.4, -0.2) is 116 Å². The van der Waals surface area contributed by atoms with Crippen molar-refractivity contribution < 1.29 is 37.0 Å². The van der Waals surface area contributed by atoms with E-state index < -0.39 is 27.5 Å². The minimum Gasteiger partial charge on any atom is -0.497 e. The quantitative estimate of drug-likeness (QED) is 0.357. The first kappa shape index (κ1) is 34.3. The van der Waals surface area contributed by atoms with Crippen LogP contribution in [0.15, 0.2) is 65.6 Å². The fourth-order valence-electron chi connectivity index (χ4n) is 7.11. The molecule has 262 valence electrons. The number of benzene rings is 3. The van der Waals surface area contributed by atoms with E-state index in [4.69, 9.17) is 18.9 Å². The predicted octanol–water partition coefficient (Wildman–Crippen LogP) is 3.12. The van der Waals surface area contributed by atoms with Gasteiger partial charge in [0, 0.05) is 49.4 Å².